The van der Waals surface area contributed by atoms with E-state index in [1.165, 1.54) is 23.5 Å². The molecule has 0 bridgehead atoms. The quantitative estimate of drug-likeness (QED) is 0.907. The van der Waals surface area contributed by atoms with Gasteiger partial charge in [0.05, 0.1) is 16.8 Å². The number of amides is 1. The van der Waals surface area contributed by atoms with Gasteiger partial charge < -0.3 is 10.4 Å². The second kappa shape index (κ2) is 5.19. The molecule has 4 nitrogen and oxygen atoms in total. The number of hydrogen-bond acceptors (Lipinski definition) is 3. The molecule has 2 rings (SSSR count). The van der Waals surface area contributed by atoms with Crippen molar-refractivity contribution in [2.75, 3.05) is 5.32 Å². The molecular weight excluding hydrogens is 269 g/mol. The maximum atomic E-state index is 13.6. The van der Waals surface area contributed by atoms with Gasteiger partial charge in [-0.15, -0.1) is 0 Å². The lowest BCUT2D eigenvalue weighted by molar-refractivity contribution is 0.0696. The van der Waals surface area contributed by atoms with Gasteiger partial charge >= 0.3 is 5.97 Å². The number of benzene rings is 1. The summed E-state index contributed by atoms with van der Waals surface area (Å²) >= 11 is 1.38. The number of carbonyl (C=O) groups excluding carboxylic acids is 1. The molecule has 0 aliphatic carbocycles. The summed E-state index contributed by atoms with van der Waals surface area (Å²) in [6.07, 6.45) is 0. The van der Waals surface area contributed by atoms with Gasteiger partial charge in [0.2, 0.25) is 0 Å². The van der Waals surface area contributed by atoms with Crippen molar-refractivity contribution in [1.29, 1.82) is 0 Å². The average molecular weight is 279 g/mol. The van der Waals surface area contributed by atoms with Crippen molar-refractivity contribution in [2.45, 2.75) is 6.92 Å². The van der Waals surface area contributed by atoms with Crippen molar-refractivity contribution in [3.63, 3.8) is 0 Å². The van der Waals surface area contributed by atoms with E-state index in [9.17, 15) is 14.0 Å². The molecule has 1 aromatic heterocycles. The summed E-state index contributed by atoms with van der Waals surface area (Å²) in [5.41, 5.74) is 1.08. The van der Waals surface area contributed by atoms with Crippen molar-refractivity contribution in [3.8, 4) is 0 Å². The van der Waals surface area contributed by atoms with Gasteiger partial charge in [0.25, 0.3) is 5.91 Å². The first kappa shape index (κ1) is 13.2. The van der Waals surface area contributed by atoms with Gasteiger partial charge in [0.1, 0.15) is 5.82 Å². The maximum absolute atomic E-state index is 13.6. The Morgan fingerprint density at radius 3 is 2.58 bits per heavy atom. The zero-order valence-electron chi connectivity index (χ0n) is 9.94. The van der Waals surface area contributed by atoms with Crippen LogP contribution < -0.4 is 5.32 Å². The molecule has 0 unspecified atom stereocenters. The van der Waals surface area contributed by atoms with Crippen LogP contribution in [0.1, 0.15) is 26.3 Å². The zero-order chi connectivity index (χ0) is 14.0. The van der Waals surface area contributed by atoms with Crippen LogP contribution in [0.3, 0.4) is 0 Å². The van der Waals surface area contributed by atoms with Crippen LogP contribution in [0.4, 0.5) is 10.1 Å². The Hall–Kier alpha value is -2.21. The van der Waals surface area contributed by atoms with Crippen LogP contribution >= 0.6 is 11.3 Å². The van der Waals surface area contributed by atoms with Crippen molar-refractivity contribution in [1.82, 2.24) is 0 Å². The van der Waals surface area contributed by atoms with E-state index in [1.54, 1.807) is 12.3 Å². The number of carbonyl (C=O) groups is 2. The van der Waals surface area contributed by atoms with Crippen LogP contribution in [0.2, 0.25) is 0 Å². The fourth-order valence-corrected chi connectivity index (χ4v) is 2.36. The van der Waals surface area contributed by atoms with E-state index >= 15 is 0 Å². The van der Waals surface area contributed by atoms with Gasteiger partial charge in [0.15, 0.2) is 0 Å². The second-order valence-electron chi connectivity index (χ2n) is 3.92. The summed E-state index contributed by atoms with van der Waals surface area (Å²) in [5.74, 6) is -2.41. The van der Waals surface area contributed by atoms with Crippen LogP contribution in [0.5, 0.6) is 0 Å². The summed E-state index contributed by atoms with van der Waals surface area (Å²) in [7, 11) is 0. The minimum absolute atomic E-state index is 0.0411. The number of aryl methyl sites for hydroxylation is 1. The van der Waals surface area contributed by atoms with E-state index in [-0.39, 0.29) is 11.3 Å². The second-order valence-corrected chi connectivity index (χ2v) is 4.67. The fraction of sp³-hybridized carbons (Fsp3) is 0.0769. The number of aromatic carboxylic acids is 1. The number of hydrogen-bond donors (Lipinski definition) is 2. The topological polar surface area (TPSA) is 66.4 Å². The van der Waals surface area contributed by atoms with Crippen LogP contribution in [0, 0.1) is 12.7 Å². The normalized spacial score (nSPS) is 10.2. The lowest BCUT2D eigenvalue weighted by Crippen LogP contribution is -2.13. The van der Waals surface area contributed by atoms with E-state index in [0.717, 1.165) is 11.6 Å². The predicted molar refractivity (Wildman–Crippen MR) is 70.4 cm³/mol. The number of thiophene rings is 1. The summed E-state index contributed by atoms with van der Waals surface area (Å²) in [5, 5.41) is 14.6. The number of halogens is 1. The molecule has 0 fully saturated rings. The van der Waals surface area contributed by atoms with Crippen molar-refractivity contribution >= 4 is 28.9 Å². The monoisotopic (exact) mass is 279 g/mol. The van der Waals surface area contributed by atoms with Crippen molar-refractivity contribution in [3.05, 3.63) is 51.5 Å². The predicted octanol–water partition coefficient (Wildman–Crippen LogP) is 3.15. The first-order chi connectivity index (χ1) is 8.99. The SMILES string of the molecule is Cc1cscc1C(=O)Nc1ccc(C(=O)O)cc1F. The molecule has 2 aromatic rings. The Bertz CT molecular complexity index is 651. The van der Waals surface area contributed by atoms with Crippen LogP contribution in [-0.4, -0.2) is 17.0 Å². The van der Waals surface area contributed by atoms with Gasteiger partial charge in [-0.05, 0) is 36.1 Å². The van der Waals surface area contributed by atoms with Gasteiger partial charge in [-0.2, -0.15) is 11.3 Å². The lowest BCUT2D eigenvalue weighted by atomic mass is 10.1. The molecule has 19 heavy (non-hydrogen) atoms. The largest absolute Gasteiger partial charge is 0.478 e. The van der Waals surface area contributed by atoms with Crippen molar-refractivity contribution in [2.24, 2.45) is 0 Å². The minimum Gasteiger partial charge on any atom is -0.478 e. The average Bonchev–Trinajstić information content (AvgIpc) is 2.77. The number of carboxylic acid groups (broad SMARTS) is 1. The molecule has 1 aromatic carbocycles. The Labute approximate surface area is 112 Å². The van der Waals surface area contributed by atoms with E-state index in [2.05, 4.69) is 5.32 Å². The molecule has 0 saturated heterocycles. The minimum atomic E-state index is -1.22. The fourth-order valence-electron chi connectivity index (χ4n) is 1.53. The number of nitrogens with one attached hydrogen (secondary N) is 1. The highest BCUT2D eigenvalue weighted by atomic mass is 32.1. The molecule has 0 saturated carbocycles. The molecule has 0 aliphatic rings. The van der Waals surface area contributed by atoms with Crippen LogP contribution in [0.15, 0.2) is 29.0 Å². The Balaban J connectivity index is 2.23. The molecule has 0 spiro atoms. The molecule has 6 heteroatoms. The molecule has 0 radical (unpaired) electrons. The summed E-state index contributed by atoms with van der Waals surface area (Å²) in [6.45, 7) is 1.79. The van der Waals surface area contributed by atoms with E-state index in [1.807, 2.05) is 5.38 Å². The third-order valence-electron chi connectivity index (χ3n) is 2.56. The highest BCUT2D eigenvalue weighted by Crippen LogP contribution is 2.19. The highest BCUT2D eigenvalue weighted by molar-refractivity contribution is 7.08. The summed E-state index contributed by atoms with van der Waals surface area (Å²) in [4.78, 5) is 22.5. The number of rotatable bonds is 3. The molecule has 1 amide bonds. The zero-order valence-corrected chi connectivity index (χ0v) is 10.8. The third-order valence-corrected chi connectivity index (χ3v) is 3.43. The lowest BCUT2D eigenvalue weighted by Gasteiger charge is -2.06. The molecule has 2 N–H and O–H groups in total. The first-order valence-electron chi connectivity index (χ1n) is 5.36. The molecular formula is C13H10FNO3S. The Morgan fingerprint density at radius 1 is 1.32 bits per heavy atom. The molecule has 98 valence electrons. The molecule has 1 heterocycles. The first-order valence-corrected chi connectivity index (χ1v) is 6.30. The third kappa shape index (κ3) is 2.79. The molecule has 0 aliphatic heterocycles. The summed E-state index contributed by atoms with van der Waals surface area (Å²) in [6, 6.07) is 3.35. The smallest absolute Gasteiger partial charge is 0.335 e. The Kier molecular flexibility index (Phi) is 3.62. The van der Waals surface area contributed by atoms with Crippen molar-refractivity contribution < 1.29 is 19.1 Å². The van der Waals surface area contributed by atoms with Gasteiger partial charge in [-0.25, -0.2) is 9.18 Å². The number of carboxylic acids is 1. The standard InChI is InChI=1S/C13H10FNO3S/c1-7-5-19-6-9(7)12(16)15-11-3-2-8(13(17)18)4-10(11)14/h2-6H,1H3,(H,15,16)(H,17,18). The highest BCUT2D eigenvalue weighted by Gasteiger charge is 2.13. The van der Waals surface area contributed by atoms with Crippen LogP contribution in [0.25, 0.3) is 0 Å². The Morgan fingerprint density at radius 2 is 2.05 bits per heavy atom. The van der Waals surface area contributed by atoms with E-state index < -0.39 is 17.7 Å². The number of anilines is 1. The van der Waals surface area contributed by atoms with Gasteiger partial charge in [-0.1, -0.05) is 0 Å². The van der Waals surface area contributed by atoms with E-state index in [4.69, 9.17) is 5.11 Å². The van der Waals surface area contributed by atoms with E-state index in [0.29, 0.717) is 5.56 Å². The van der Waals surface area contributed by atoms with Gasteiger partial charge in [-0.3, -0.25) is 4.79 Å². The van der Waals surface area contributed by atoms with Gasteiger partial charge in [0, 0.05) is 5.38 Å². The molecule has 0 atom stereocenters. The maximum Gasteiger partial charge on any atom is 0.335 e. The van der Waals surface area contributed by atoms with Crippen LogP contribution in [-0.2, 0) is 0 Å². The summed E-state index contributed by atoms with van der Waals surface area (Å²) < 4.78 is 13.6.